The van der Waals surface area contributed by atoms with E-state index >= 15 is 0 Å². The molecule has 0 aliphatic rings. The molecule has 0 spiro atoms. The van der Waals surface area contributed by atoms with Crippen LogP contribution in [0.15, 0.2) is 71.9 Å². The number of unbranched alkanes of at least 4 members (excludes halogenated alkanes) is 2. The fraction of sp³-hybridized carbons (Fsp3) is 0.477. The van der Waals surface area contributed by atoms with Crippen LogP contribution in [0.25, 0.3) is 11.4 Å². The maximum atomic E-state index is 14.1. The molecule has 1 N–H and O–H groups in total. The first-order valence-electron chi connectivity index (χ1n) is 22.9. The van der Waals surface area contributed by atoms with Gasteiger partial charge in [0.05, 0.1) is 27.4 Å². The van der Waals surface area contributed by atoms with E-state index in [4.69, 9.17) is 37.9 Å². The van der Waals surface area contributed by atoms with Crippen LogP contribution in [0.5, 0.6) is 28.9 Å². The highest BCUT2D eigenvalue weighted by atomic mass is 32.2. The van der Waals surface area contributed by atoms with Crippen molar-refractivity contribution in [2.75, 3.05) is 58.6 Å². The van der Waals surface area contributed by atoms with E-state index in [1.165, 1.54) is 32.5 Å². The molecule has 0 aliphatic carbocycles. The van der Waals surface area contributed by atoms with E-state index in [-0.39, 0.29) is 74.5 Å². The molecule has 0 amide bonds. The summed E-state index contributed by atoms with van der Waals surface area (Å²) in [6.07, 6.45) is -5.45. The summed E-state index contributed by atoms with van der Waals surface area (Å²) in [4.78, 5) is 99.2. The van der Waals surface area contributed by atoms with Gasteiger partial charge in [0.1, 0.15) is 44.4 Å². The first-order valence-corrected chi connectivity index (χ1v) is 24.3. The molecule has 4 rings (SSSR count). The first kappa shape index (κ1) is 60.5. The van der Waals surface area contributed by atoms with Crippen LogP contribution in [0.2, 0.25) is 0 Å². The molecule has 0 fully saturated rings. The van der Waals surface area contributed by atoms with Crippen LogP contribution in [0.4, 0.5) is 15.4 Å². The lowest BCUT2D eigenvalue weighted by Crippen LogP contribution is -2.32. The highest BCUT2D eigenvalue weighted by molar-refractivity contribution is 7.92. The summed E-state index contributed by atoms with van der Waals surface area (Å²) in [5.41, 5.74) is 0.671. The molecule has 33 heteroatoms. The summed E-state index contributed by atoms with van der Waals surface area (Å²) in [5, 5.41) is 37.8. The Balaban J connectivity index is 1.66. The van der Waals surface area contributed by atoms with E-state index < -0.39 is 110 Å². The minimum absolute atomic E-state index is 0.0171. The maximum Gasteiger partial charge on any atom is 0.508 e. The van der Waals surface area contributed by atoms with Gasteiger partial charge >= 0.3 is 12.3 Å². The van der Waals surface area contributed by atoms with Gasteiger partial charge in [-0.1, -0.05) is 39.0 Å². The minimum Gasteiger partial charge on any atom is -0.497 e. The molecule has 2 aromatic heterocycles. The summed E-state index contributed by atoms with van der Waals surface area (Å²) in [5.74, 6) is -0.929. The molecular formula is C44H54N8O24S. The number of para-hydroxylation sites is 2. The van der Waals surface area contributed by atoms with Gasteiger partial charge in [-0.15, -0.1) is 40.5 Å². The number of hydrogen-bond acceptors (Lipinski definition) is 27. The molecule has 32 nitrogen and oxygen atoms in total. The van der Waals surface area contributed by atoms with Crippen molar-refractivity contribution < 1.29 is 95.6 Å². The zero-order valence-electron chi connectivity index (χ0n) is 41.9. The third-order valence-electron chi connectivity index (χ3n) is 10.1. The number of pyridine rings is 1. The Hall–Kier alpha value is -9.04. The fourth-order valence-corrected chi connectivity index (χ4v) is 7.25. The Morgan fingerprint density at radius 3 is 1.77 bits per heavy atom. The lowest BCUT2D eigenvalue weighted by molar-refractivity contribution is -0.790. The average Bonchev–Trinajstić information content (AvgIpc) is 3.39. The van der Waals surface area contributed by atoms with Gasteiger partial charge < -0.3 is 57.2 Å². The number of anilines is 1. The predicted octanol–water partition coefficient (Wildman–Crippen LogP) is 6.41. The number of methoxy groups -OCH3 is 2. The van der Waals surface area contributed by atoms with Gasteiger partial charge in [0, 0.05) is 11.8 Å². The van der Waals surface area contributed by atoms with Crippen LogP contribution in [-0.4, -0.2) is 128 Å². The highest BCUT2D eigenvalue weighted by Crippen LogP contribution is 2.42. The molecule has 0 aliphatic heterocycles. The van der Waals surface area contributed by atoms with Crippen molar-refractivity contribution >= 4 is 28.2 Å². The van der Waals surface area contributed by atoms with E-state index in [0.717, 1.165) is 5.56 Å². The molecule has 0 bridgehead atoms. The monoisotopic (exact) mass is 1110 g/mol. The van der Waals surface area contributed by atoms with E-state index in [9.17, 15) is 58.5 Å². The number of carbonyl (C=O) groups excluding carboxylic acids is 2. The second-order valence-corrected chi connectivity index (χ2v) is 18.4. The van der Waals surface area contributed by atoms with E-state index in [1.54, 1.807) is 48.5 Å². The van der Waals surface area contributed by atoms with Gasteiger partial charge in [-0.2, -0.15) is 13.4 Å². The third kappa shape index (κ3) is 21.4. The van der Waals surface area contributed by atoms with Crippen molar-refractivity contribution in [3.8, 4) is 40.3 Å². The average molecular weight is 1110 g/mol. The van der Waals surface area contributed by atoms with Crippen molar-refractivity contribution in [1.82, 2.24) is 15.0 Å². The van der Waals surface area contributed by atoms with E-state index in [0.29, 0.717) is 11.3 Å². The van der Waals surface area contributed by atoms with Crippen LogP contribution >= 0.6 is 0 Å². The third-order valence-corrected chi connectivity index (χ3v) is 11.4. The largest absolute Gasteiger partial charge is 0.508 e. The lowest BCUT2D eigenvalue weighted by atomic mass is 9.88. The van der Waals surface area contributed by atoms with Crippen LogP contribution in [0, 0.1) is 40.5 Å². The highest BCUT2D eigenvalue weighted by Gasteiger charge is 2.29. The first-order chi connectivity index (χ1) is 36.6. The van der Waals surface area contributed by atoms with E-state index in [2.05, 4.69) is 39.0 Å². The predicted molar refractivity (Wildman–Crippen MR) is 257 cm³/mol. The van der Waals surface area contributed by atoms with Crippen LogP contribution in [-0.2, 0) is 53.7 Å². The molecule has 420 valence electrons. The van der Waals surface area contributed by atoms with Crippen molar-refractivity contribution in [2.24, 2.45) is 0 Å². The number of ether oxygens (including phenoxy) is 8. The second kappa shape index (κ2) is 29.7. The minimum atomic E-state index is -4.58. The SMILES string of the molecule is COc1ccc(-c2nc(NS(=O)(=O)c3ccc(C(C)(C)C)cn3)c(Oc3ccccc3OC)c(OCC(COC(=O)OCCCCC(CO[N+](=O)[O-])O[N+](=O)[O-])OC(=O)OCCCCC(CO[N+](=O)[O-])O[N+](=O)[O-])n2)cc1. The summed E-state index contributed by atoms with van der Waals surface area (Å²) < 4.78 is 74.8. The summed E-state index contributed by atoms with van der Waals surface area (Å²) in [6.45, 7) is 2.00. The molecule has 0 saturated carbocycles. The zero-order chi connectivity index (χ0) is 56.5. The van der Waals surface area contributed by atoms with Crippen molar-refractivity contribution in [3.05, 3.63) is 113 Å². The zero-order valence-corrected chi connectivity index (χ0v) is 42.7. The van der Waals surface area contributed by atoms with Gasteiger partial charge in [-0.25, -0.2) is 19.6 Å². The second-order valence-electron chi connectivity index (χ2n) is 16.7. The molecule has 3 atom stereocenters. The number of hydrogen-bond donors (Lipinski definition) is 1. The summed E-state index contributed by atoms with van der Waals surface area (Å²) in [7, 11) is -1.79. The number of nitrogens with zero attached hydrogens (tertiary/aromatic N) is 7. The summed E-state index contributed by atoms with van der Waals surface area (Å²) >= 11 is 0. The standard InChI is InChI=1S/C44H54N8O24S/c1-44(2,3)30-18-21-37(45-24-30)77(63,64)48-40-38(74-36-15-7-6-14-35(36)66-5)41(47-39(46-40)29-16-19-31(65-4)20-17-29)69-25-34(73-43(54)68-23-11-9-13-33(76-52(61)62)28-72-50(57)58)26-70-42(53)67-22-10-8-12-32(75-51(59)60)27-71-49(55)56/h6-7,14-21,24,32-34H,8-13,22-23,25-28H2,1-5H3,(H,46,47,48). The van der Waals surface area contributed by atoms with Gasteiger partial charge in [0.2, 0.25) is 5.75 Å². The van der Waals surface area contributed by atoms with Gasteiger partial charge in [-0.3, -0.25) is 4.72 Å². The molecule has 0 saturated heterocycles. The van der Waals surface area contributed by atoms with Gasteiger partial charge in [-0.05, 0) is 92.0 Å². The molecular weight excluding hydrogens is 1060 g/mol. The van der Waals surface area contributed by atoms with Crippen LogP contribution in [0.1, 0.15) is 64.9 Å². The van der Waals surface area contributed by atoms with Gasteiger partial charge in [0.15, 0.2) is 34.3 Å². The lowest BCUT2D eigenvalue weighted by Gasteiger charge is -2.21. The Morgan fingerprint density at radius 2 is 1.25 bits per heavy atom. The molecule has 77 heavy (non-hydrogen) atoms. The van der Waals surface area contributed by atoms with Crippen LogP contribution < -0.4 is 23.7 Å². The fourth-order valence-electron chi connectivity index (χ4n) is 6.32. The maximum absolute atomic E-state index is 14.1. The molecule has 4 aromatic rings. The van der Waals surface area contributed by atoms with Crippen molar-refractivity contribution in [1.29, 1.82) is 0 Å². The van der Waals surface area contributed by atoms with Crippen LogP contribution in [0.3, 0.4) is 0 Å². The summed E-state index contributed by atoms with van der Waals surface area (Å²) in [6, 6.07) is 15.4. The number of rotatable bonds is 34. The Bertz CT molecular complexity index is 2710. The molecule has 2 aromatic carbocycles. The quantitative estimate of drug-likeness (QED) is 0.0228. The van der Waals surface area contributed by atoms with Crippen molar-refractivity contribution in [3.63, 3.8) is 0 Å². The number of nitrogens with one attached hydrogen (secondary N) is 1. The van der Waals surface area contributed by atoms with Crippen molar-refractivity contribution in [2.45, 2.75) is 88.0 Å². The normalized spacial score (nSPS) is 12.3. The number of aromatic nitrogens is 3. The van der Waals surface area contributed by atoms with Gasteiger partial charge in [0.25, 0.3) is 36.2 Å². The topological polar surface area (TPSA) is 402 Å². The Labute approximate surface area is 437 Å². The number of carbonyl (C=O) groups is 2. The Kier molecular flexibility index (Phi) is 23.4. The molecule has 2 heterocycles. The smallest absolute Gasteiger partial charge is 0.497 e. The number of sulfonamides is 1. The molecule has 0 radical (unpaired) electrons. The number of benzene rings is 2. The molecule has 3 unspecified atom stereocenters. The van der Waals surface area contributed by atoms with E-state index in [1.807, 2.05) is 20.8 Å². The Morgan fingerprint density at radius 1 is 0.662 bits per heavy atom.